The number of nitrogens with zero attached hydrogens (tertiary/aromatic N) is 1. The van der Waals surface area contributed by atoms with Gasteiger partial charge in [-0.3, -0.25) is 9.89 Å². The molecule has 0 saturated heterocycles. The van der Waals surface area contributed by atoms with Gasteiger partial charge in [0.25, 0.3) is 11.5 Å². The smallest absolute Gasteiger partial charge is 0.356 e. The van der Waals surface area contributed by atoms with Gasteiger partial charge in [-0.05, 0) is 12.8 Å². The number of nitrogens with one attached hydrogen (secondary N) is 2. The van der Waals surface area contributed by atoms with E-state index in [0.717, 1.165) is 25.6 Å². The molecular weight excluding hydrogens is 323 g/mol. The summed E-state index contributed by atoms with van der Waals surface area (Å²) < 4.78 is 45.9. The molecule has 128 valence electrons. The highest BCUT2D eigenvalue weighted by molar-refractivity contribution is 5.98. The van der Waals surface area contributed by atoms with Crippen molar-refractivity contribution in [2.45, 2.75) is 30.5 Å². The van der Waals surface area contributed by atoms with Crippen LogP contribution >= 0.6 is 0 Å². The zero-order valence-electron chi connectivity index (χ0n) is 12.9. The van der Waals surface area contributed by atoms with E-state index in [-0.39, 0.29) is 11.4 Å². The summed E-state index contributed by atoms with van der Waals surface area (Å²) in [6.07, 6.45) is -2.93. The zero-order valence-corrected chi connectivity index (χ0v) is 12.9. The summed E-state index contributed by atoms with van der Waals surface area (Å²) in [5.41, 5.74) is -2.59. The number of hydrogen-bond acceptors (Lipinski definition) is 3. The number of anilines is 1. The van der Waals surface area contributed by atoms with Gasteiger partial charge in [0.2, 0.25) is 0 Å². The van der Waals surface area contributed by atoms with Gasteiger partial charge in [0.15, 0.2) is 5.82 Å². The SMILES string of the molecule is CO[C@](C(=O)Nc1cc(C2CC2)[nH]n1)(c1ccccc1)C(F)(F)F. The molecule has 24 heavy (non-hydrogen) atoms. The molecule has 1 aliphatic rings. The van der Waals surface area contributed by atoms with Crippen LogP contribution in [0.5, 0.6) is 0 Å². The van der Waals surface area contributed by atoms with Gasteiger partial charge in [-0.2, -0.15) is 18.3 Å². The highest BCUT2D eigenvalue weighted by Crippen LogP contribution is 2.43. The first-order chi connectivity index (χ1) is 11.4. The molecule has 1 aliphatic carbocycles. The van der Waals surface area contributed by atoms with Gasteiger partial charge in [-0.1, -0.05) is 30.3 Å². The van der Waals surface area contributed by atoms with E-state index >= 15 is 0 Å². The van der Waals surface area contributed by atoms with Crippen molar-refractivity contribution < 1.29 is 22.7 Å². The molecule has 1 atom stereocenters. The van der Waals surface area contributed by atoms with Crippen molar-refractivity contribution in [3.8, 4) is 0 Å². The third kappa shape index (κ3) is 2.77. The van der Waals surface area contributed by atoms with Crippen molar-refractivity contribution in [3.05, 3.63) is 47.7 Å². The van der Waals surface area contributed by atoms with E-state index in [9.17, 15) is 18.0 Å². The summed E-state index contributed by atoms with van der Waals surface area (Å²) in [7, 11) is 0.861. The second-order valence-electron chi connectivity index (χ2n) is 5.69. The molecule has 8 heteroatoms. The first-order valence-electron chi connectivity index (χ1n) is 7.42. The van der Waals surface area contributed by atoms with E-state index in [1.807, 2.05) is 0 Å². The standard InChI is InChI=1S/C16H16F3N3O2/c1-24-15(16(17,18)19,11-5-3-2-4-6-11)14(23)20-13-9-12(21-22-13)10-7-8-10/h2-6,9-10H,7-8H2,1H3,(H2,20,21,22,23)/t15-/m0/s1. The number of halogens is 3. The maximum absolute atomic E-state index is 13.7. The quantitative estimate of drug-likeness (QED) is 0.878. The van der Waals surface area contributed by atoms with Crippen LogP contribution in [-0.2, 0) is 15.1 Å². The molecule has 1 saturated carbocycles. The Balaban J connectivity index is 1.93. The van der Waals surface area contributed by atoms with Crippen molar-refractivity contribution in [3.63, 3.8) is 0 Å². The second-order valence-corrected chi connectivity index (χ2v) is 5.69. The number of benzene rings is 1. The van der Waals surface area contributed by atoms with Crippen molar-refractivity contribution in [2.75, 3.05) is 12.4 Å². The van der Waals surface area contributed by atoms with Crippen LogP contribution in [0, 0.1) is 0 Å². The lowest BCUT2D eigenvalue weighted by atomic mass is 9.91. The molecule has 3 rings (SSSR count). The summed E-state index contributed by atoms with van der Waals surface area (Å²) in [5, 5.41) is 8.81. The van der Waals surface area contributed by atoms with E-state index < -0.39 is 17.7 Å². The molecule has 0 spiro atoms. The minimum Gasteiger partial charge on any atom is -0.356 e. The van der Waals surface area contributed by atoms with Gasteiger partial charge in [0, 0.05) is 30.4 Å². The molecule has 1 aromatic carbocycles. The molecule has 0 unspecified atom stereocenters. The molecular formula is C16H16F3N3O2. The lowest BCUT2D eigenvalue weighted by Crippen LogP contribution is -2.53. The van der Waals surface area contributed by atoms with E-state index in [2.05, 4.69) is 15.5 Å². The van der Waals surface area contributed by atoms with Crippen LogP contribution in [0.2, 0.25) is 0 Å². The van der Waals surface area contributed by atoms with Crippen LogP contribution in [-0.4, -0.2) is 29.4 Å². The highest BCUT2D eigenvalue weighted by atomic mass is 19.4. The van der Waals surface area contributed by atoms with E-state index in [1.165, 1.54) is 24.3 Å². The third-order valence-electron chi connectivity index (χ3n) is 4.06. The third-order valence-corrected chi connectivity index (χ3v) is 4.06. The van der Waals surface area contributed by atoms with Crippen molar-refractivity contribution in [1.82, 2.24) is 10.2 Å². The molecule has 5 nitrogen and oxygen atoms in total. The summed E-state index contributed by atoms with van der Waals surface area (Å²) in [6.45, 7) is 0. The molecule has 2 N–H and O–H groups in total. The Labute approximate surface area is 136 Å². The molecule has 0 aliphatic heterocycles. The summed E-state index contributed by atoms with van der Waals surface area (Å²) in [6, 6.07) is 8.36. The molecule has 1 amide bonds. The van der Waals surface area contributed by atoms with Crippen LogP contribution in [0.3, 0.4) is 0 Å². The average molecular weight is 339 g/mol. The fraction of sp³-hybridized carbons (Fsp3) is 0.375. The predicted molar refractivity (Wildman–Crippen MR) is 80.4 cm³/mol. The van der Waals surface area contributed by atoms with Gasteiger partial charge in [-0.25, -0.2) is 0 Å². The summed E-state index contributed by atoms with van der Waals surface area (Å²) >= 11 is 0. The molecule has 1 aromatic heterocycles. The molecule has 0 bridgehead atoms. The van der Waals surface area contributed by atoms with Gasteiger partial charge in [0.1, 0.15) is 0 Å². The number of aromatic nitrogens is 2. The summed E-state index contributed by atoms with van der Waals surface area (Å²) in [5.74, 6) is -0.951. The number of H-pyrrole nitrogens is 1. The van der Waals surface area contributed by atoms with Crippen LogP contribution in [0.4, 0.5) is 19.0 Å². The van der Waals surface area contributed by atoms with Gasteiger partial charge < -0.3 is 10.1 Å². The zero-order chi connectivity index (χ0) is 17.4. The minimum absolute atomic E-state index is 0.0449. The number of aromatic amines is 1. The van der Waals surface area contributed by atoms with Crippen molar-refractivity contribution in [1.29, 1.82) is 0 Å². The average Bonchev–Trinajstić information content (AvgIpc) is 3.28. The number of amides is 1. The molecule has 1 heterocycles. The summed E-state index contributed by atoms with van der Waals surface area (Å²) in [4.78, 5) is 12.5. The Morgan fingerprint density at radius 1 is 1.29 bits per heavy atom. The Bertz CT molecular complexity index is 726. The molecule has 2 aromatic rings. The van der Waals surface area contributed by atoms with Gasteiger partial charge in [0.05, 0.1) is 0 Å². The van der Waals surface area contributed by atoms with Crippen molar-refractivity contribution in [2.24, 2.45) is 0 Å². The number of alkyl halides is 3. The van der Waals surface area contributed by atoms with E-state index in [4.69, 9.17) is 4.74 Å². The van der Waals surface area contributed by atoms with Crippen LogP contribution in [0.15, 0.2) is 36.4 Å². The molecule has 0 radical (unpaired) electrons. The Hall–Kier alpha value is -2.35. The van der Waals surface area contributed by atoms with Crippen molar-refractivity contribution >= 4 is 11.7 Å². The fourth-order valence-corrected chi connectivity index (χ4v) is 2.63. The van der Waals surface area contributed by atoms with Crippen LogP contribution in [0.25, 0.3) is 0 Å². The number of carbonyl (C=O) groups excluding carboxylic acids is 1. The fourth-order valence-electron chi connectivity index (χ4n) is 2.63. The number of hydrogen-bond donors (Lipinski definition) is 2. The molecule has 1 fully saturated rings. The lowest BCUT2D eigenvalue weighted by Gasteiger charge is -2.32. The number of rotatable bonds is 5. The van der Waals surface area contributed by atoms with Crippen LogP contribution in [0.1, 0.15) is 30.0 Å². The Morgan fingerprint density at radius 2 is 1.96 bits per heavy atom. The first-order valence-corrected chi connectivity index (χ1v) is 7.42. The highest BCUT2D eigenvalue weighted by Gasteiger charge is 2.62. The van der Waals surface area contributed by atoms with Crippen LogP contribution < -0.4 is 5.32 Å². The van der Waals surface area contributed by atoms with Gasteiger partial charge in [-0.15, -0.1) is 0 Å². The maximum Gasteiger partial charge on any atom is 0.430 e. The minimum atomic E-state index is -4.94. The maximum atomic E-state index is 13.7. The first kappa shape index (κ1) is 16.5. The number of ether oxygens (including phenoxy) is 1. The largest absolute Gasteiger partial charge is 0.430 e. The van der Waals surface area contributed by atoms with E-state index in [0.29, 0.717) is 5.92 Å². The predicted octanol–water partition coefficient (Wildman–Crippen LogP) is 3.33. The lowest BCUT2D eigenvalue weighted by molar-refractivity contribution is -0.263. The number of methoxy groups -OCH3 is 1. The van der Waals surface area contributed by atoms with E-state index in [1.54, 1.807) is 12.1 Å². The Kier molecular flexibility index (Phi) is 4.08. The second kappa shape index (κ2) is 5.94. The normalized spacial score (nSPS) is 17.3. The Morgan fingerprint density at radius 3 is 2.50 bits per heavy atom. The number of carbonyl (C=O) groups is 1. The topological polar surface area (TPSA) is 67.0 Å². The van der Waals surface area contributed by atoms with Gasteiger partial charge >= 0.3 is 6.18 Å². The monoisotopic (exact) mass is 339 g/mol.